The van der Waals surface area contributed by atoms with Gasteiger partial charge in [-0.25, -0.2) is 4.68 Å². The molecule has 0 spiro atoms. The molecule has 2 amide bonds. The van der Waals surface area contributed by atoms with Crippen molar-refractivity contribution in [3.8, 4) is 17.1 Å². The van der Waals surface area contributed by atoms with E-state index >= 15 is 0 Å². The van der Waals surface area contributed by atoms with Crippen molar-refractivity contribution in [3.05, 3.63) is 59.4 Å². The number of nitrogens with zero attached hydrogens (tertiary/aromatic N) is 4. The number of hydrogen-bond acceptors (Lipinski definition) is 4. The lowest BCUT2D eigenvalue weighted by molar-refractivity contribution is -0.134. The molecule has 1 aliphatic heterocycles. The molecule has 0 unspecified atom stereocenters. The zero-order chi connectivity index (χ0) is 21.3. The van der Waals surface area contributed by atoms with Crippen LogP contribution in [0.1, 0.15) is 23.3 Å². The lowest BCUT2D eigenvalue weighted by Gasteiger charge is -2.32. The van der Waals surface area contributed by atoms with Crippen LogP contribution in [0.3, 0.4) is 0 Å². The molecule has 0 saturated carbocycles. The van der Waals surface area contributed by atoms with Crippen molar-refractivity contribution >= 4 is 23.4 Å². The summed E-state index contributed by atoms with van der Waals surface area (Å²) in [6, 6.07) is 12.6. The maximum Gasteiger partial charge on any atom is 0.274 e. The summed E-state index contributed by atoms with van der Waals surface area (Å²) in [5, 5.41) is 5.14. The summed E-state index contributed by atoms with van der Waals surface area (Å²) in [4.78, 5) is 28.7. The highest BCUT2D eigenvalue weighted by molar-refractivity contribution is 6.30. The molecule has 30 heavy (non-hydrogen) atoms. The Balaban J connectivity index is 1.60. The fourth-order valence-corrected chi connectivity index (χ4v) is 3.93. The van der Waals surface area contributed by atoms with Crippen LogP contribution >= 0.6 is 11.6 Å². The summed E-state index contributed by atoms with van der Waals surface area (Å²) < 4.78 is 7.22. The van der Waals surface area contributed by atoms with Gasteiger partial charge in [0.2, 0.25) is 5.91 Å². The van der Waals surface area contributed by atoms with E-state index in [0.29, 0.717) is 48.1 Å². The fourth-order valence-electron chi connectivity index (χ4n) is 3.75. The van der Waals surface area contributed by atoms with Gasteiger partial charge in [-0.3, -0.25) is 9.59 Å². The van der Waals surface area contributed by atoms with Crippen LogP contribution < -0.4 is 0 Å². The van der Waals surface area contributed by atoms with E-state index in [1.165, 1.54) is 0 Å². The molecule has 0 aliphatic carbocycles. The van der Waals surface area contributed by atoms with Gasteiger partial charge in [0.1, 0.15) is 5.69 Å². The maximum atomic E-state index is 13.1. The molecule has 0 bridgehead atoms. The number of aromatic nitrogens is 2. The molecule has 1 fully saturated rings. The Labute approximate surface area is 179 Å². The Morgan fingerprint density at radius 2 is 1.90 bits per heavy atom. The van der Waals surface area contributed by atoms with Crippen molar-refractivity contribution in [2.75, 3.05) is 27.2 Å². The molecule has 1 saturated heterocycles. The highest BCUT2D eigenvalue weighted by Crippen LogP contribution is 2.27. The minimum absolute atomic E-state index is 0.0354. The van der Waals surface area contributed by atoms with Gasteiger partial charge in [0.25, 0.3) is 5.91 Å². The van der Waals surface area contributed by atoms with E-state index in [9.17, 15) is 9.59 Å². The summed E-state index contributed by atoms with van der Waals surface area (Å²) in [7, 11) is 3.52. The normalized spacial score (nSPS) is 14.7. The first-order chi connectivity index (χ1) is 14.4. The maximum absolute atomic E-state index is 13.1. The number of piperidine rings is 1. The average Bonchev–Trinajstić information content (AvgIpc) is 3.42. The van der Waals surface area contributed by atoms with Gasteiger partial charge in [0, 0.05) is 44.2 Å². The van der Waals surface area contributed by atoms with E-state index in [1.54, 1.807) is 59.1 Å². The number of benzene rings is 1. The smallest absolute Gasteiger partial charge is 0.274 e. The second-order valence-corrected chi connectivity index (χ2v) is 8.02. The molecule has 2 aromatic heterocycles. The standard InChI is InChI=1S/C22H23ClN4O3/c1-25(2)21(28)15-8-10-26(11-9-15)22(29)18-14-19(20-7-4-12-30-20)27(24-18)17-6-3-5-16(23)13-17/h3-7,12-15H,8-11H2,1-2H3. The van der Waals surface area contributed by atoms with Crippen LogP contribution in [-0.4, -0.2) is 58.6 Å². The van der Waals surface area contributed by atoms with Crippen molar-refractivity contribution in [2.45, 2.75) is 12.8 Å². The molecular weight excluding hydrogens is 404 g/mol. The number of carbonyl (C=O) groups excluding carboxylic acids is 2. The van der Waals surface area contributed by atoms with E-state index in [1.807, 2.05) is 18.2 Å². The van der Waals surface area contributed by atoms with Crippen LogP contribution in [-0.2, 0) is 4.79 Å². The number of halogens is 1. The zero-order valence-corrected chi connectivity index (χ0v) is 17.7. The minimum Gasteiger partial charge on any atom is -0.463 e. The number of furan rings is 1. The number of hydrogen-bond donors (Lipinski definition) is 0. The van der Waals surface area contributed by atoms with E-state index in [2.05, 4.69) is 5.10 Å². The third kappa shape index (κ3) is 3.98. The topological polar surface area (TPSA) is 71.6 Å². The summed E-state index contributed by atoms with van der Waals surface area (Å²) >= 11 is 6.15. The van der Waals surface area contributed by atoms with Crippen molar-refractivity contribution in [1.82, 2.24) is 19.6 Å². The molecule has 0 radical (unpaired) electrons. The lowest BCUT2D eigenvalue weighted by atomic mass is 9.95. The quantitative estimate of drug-likeness (QED) is 0.637. The van der Waals surface area contributed by atoms with Crippen LogP contribution in [0.5, 0.6) is 0 Å². The van der Waals surface area contributed by atoms with Gasteiger partial charge in [-0.05, 0) is 43.2 Å². The van der Waals surface area contributed by atoms with Crippen molar-refractivity contribution < 1.29 is 14.0 Å². The van der Waals surface area contributed by atoms with Crippen molar-refractivity contribution in [3.63, 3.8) is 0 Å². The van der Waals surface area contributed by atoms with Crippen LogP contribution in [0.25, 0.3) is 17.1 Å². The van der Waals surface area contributed by atoms with Gasteiger partial charge >= 0.3 is 0 Å². The monoisotopic (exact) mass is 426 g/mol. The molecule has 156 valence electrons. The predicted molar refractivity (Wildman–Crippen MR) is 114 cm³/mol. The number of amides is 2. The molecule has 4 rings (SSSR count). The highest BCUT2D eigenvalue weighted by Gasteiger charge is 2.30. The average molecular weight is 427 g/mol. The molecule has 0 atom stereocenters. The third-order valence-corrected chi connectivity index (χ3v) is 5.56. The Hall–Kier alpha value is -3.06. The number of rotatable bonds is 4. The zero-order valence-electron chi connectivity index (χ0n) is 16.9. The van der Waals surface area contributed by atoms with Gasteiger partial charge in [-0.15, -0.1) is 0 Å². The lowest BCUT2D eigenvalue weighted by Crippen LogP contribution is -2.42. The van der Waals surface area contributed by atoms with E-state index in [-0.39, 0.29) is 17.7 Å². The Morgan fingerprint density at radius 3 is 2.53 bits per heavy atom. The Kier molecular flexibility index (Phi) is 5.63. The van der Waals surface area contributed by atoms with Gasteiger partial charge in [-0.2, -0.15) is 5.10 Å². The summed E-state index contributed by atoms with van der Waals surface area (Å²) in [6.45, 7) is 1.06. The number of likely N-dealkylation sites (tertiary alicyclic amines) is 1. The number of carbonyl (C=O) groups is 2. The van der Waals surface area contributed by atoms with E-state index < -0.39 is 0 Å². The third-order valence-electron chi connectivity index (χ3n) is 5.33. The summed E-state index contributed by atoms with van der Waals surface area (Å²) in [5.41, 5.74) is 1.74. The van der Waals surface area contributed by atoms with Crippen LogP contribution in [0.15, 0.2) is 53.1 Å². The van der Waals surface area contributed by atoms with Crippen LogP contribution in [0, 0.1) is 5.92 Å². The first-order valence-electron chi connectivity index (χ1n) is 9.84. The predicted octanol–water partition coefficient (Wildman–Crippen LogP) is 3.73. The summed E-state index contributed by atoms with van der Waals surface area (Å²) in [5.74, 6) is 0.537. The van der Waals surface area contributed by atoms with Crippen LogP contribution in [0.2, 0.25) is 5.02 Å². The largest absolute Gasteiger partial charge is 0.463 e. The molecule has 3 heterocycles. The van der Waals surface area contributed by atoms with Crippen molar-refractivity contribution in [2.24, 2.45) is 5.92 Å². The molecule has 1 aromatic carbocycles. The van der Waals surface area contributed by atoms with Gasteiger partial charge in [0.15, 0.2) is 11.5 Å². The molecular formula is C22H23ClN4O3. The highest BCUT2D eigenvalue weighted by atomic mass is 35.5. The molecule has 3 aromatic rings. The first kappa shape index (κ1) is 20.2. The SMILES string of the molecule is CN(C)C(=O)C1CCN(C(=O)c2cc(-c3ccco3)n(-c3cccc(Cl)c3)n2)CC1. The van der Waals surface area contributed by atoms with Crippen molar-refractivity contribution in [1.29, 1.82) is 0 Å². The molecule has 7 nitrogen and oxygen atoms in total. The van der Waals surface area contributed by atoms with Gasteiger partial charge in [-0.1, -0.05) is 17.7 Å². The second kappa shape index (κ2) is 8.36. The molecule has 8 heteroatoms. The van der Waals surface area contributed by atoms with Gasteiger partial charge in [0.05, 0.1) is 12.0 Å². The minimum atomic E-state index is -0.153. The second-order valence-electron chi connectivity index (χ2n) is 7.58. The fraction of sp³-hybridized carbons (Fsp3) is 0.318. The Bertz CT molecular complexity index is 1050. The first-order valence-corrected chi connectivity index (χ1v) is 10.2. The van der Waals surface area contributed by atoms with Gasteiger partial charge < -0.3 is 14.2 Å². The molecule has 1 aliphatic rings. The molecule has 0 N–H and O–H groups in total. The Morgan fingerprint density at radius 1 is 1.13 bits per heavy atom. The summed E-state index contributed by atoms with van der Waals surface area (Å²) in [6.07, 6.45) is 2.89. The van der Waals surface area contributed by atoms with Crippen LogP contribution in [0.4, 0.5) is 0 Å². The van der Waals surface area contributed by atoms with E-state index in [4.69, 9.17) is 16.0 Å². The van der Waals surface area contributed by atoms with E-state index in [0.717, 1.165) is 5.69 Å².